The lowest BCUT2D eigenvalue weighted by Gasteiger charge is -2.30. The predicted molar refractivity (Wildman–Crippen MR) is 507 cm³/mol. The van der Waals surface area contributed by atoms with Crippen molar-refractivity contribution >= 4 is 135 Å². The van der Waals surface area contributed by atoms with Crippen LogP contribution in [0.3, 0.4) is 0 Å². The Bertz CT molecular complexity index is 4870. The number of aromatic amines is 2. The molecule has 0 radical (unpaired) electrons. The maximum Gasteiger partial charge on any atom is 0.245 e. The summed E-state index contributed by atoms with van der Waals surface area (Å²) >= 11 is 0. The number of fused-ring (bicyclic) bond motifs is 1. The summed E-state index contributed by atoms with van der Waals surface area (Å²) in [7, 11) is 0. The number of primary amides is 3. The van der Waals surface area contributed by atoms with Crippen LogP contribution in [0.2, 0.25) is 0 Å². The van der Waals surface area contributed by atoms with Crippen LogP contribution in [0.25, 0.3) is 10.9 Å². The second-order valence-electron chi connectivity index (χ2n) is 35.4. The van der Waals surface area contributed by atoms with Gasteiger partial charge in [-0.25, -0.2) is 4.98 Å². The second kappa shape index (κ2) is 58.6. The molecule has 4 aromatic rings. The van der Waals surface area contributed by atoms with Gasteiger partial charge in [0.15, 0.2) is 17.9 Å². The number of nitrogens with zero attached hydrogens (tertiary/aromatic N) is 1. The average molecular weight is 1950 g/mol. The largest absolute Gasteiger partial charge is 0.508 e. The number of hydrogen-bond acceptors (Lipinski definition) is 25. The number of guanidine groups is 3. The smallest absolute Gasteiger partial charge is 0.245 e. The number of para-hydroxylation sites is 1. The second-order valence-corrected chi connectivity index (χ2v) is 35.4. The number of phenols is 1. The SMILES string of the molecule is CC(=O)N[C@@H](C)C(=O)N[C@@H](CO)C(=O)N[C@@H](CC(C)C)C(=O)N[C@@H](CCCNC(=N)N)C(=O)N[C@@H](Cc1cnc[nH]1)C(=O)N[C@@H](Cc1c[nH]c2ccccc12)C(=O)N[C@@H](CC(C)C)C(=O)N[C@@H](CC(N)=O)C(=O)N[C@@H](CC(C)C)C(=O)N[C@H](C(=O)N[C@H](C(=O)N[C@@H](CCCNC(=N)N)C(=O)N[C@@H](CCC(N)=O)C(=O)N[C@@H](CCCNC(=N)N)C(=O)N[C@@H](Cc1ccc(O)cc1)C(N)=O)[C@@H](C)O)C(C)C. The van der Waals surface area contributed by atoms with Crippen molar-refractivity contribution in [2.24, 2.45) is 58.1 Å². The Kier molecular flexibility index (Phi) is 49.1. The maximum atomic E-state index is 15.3. The third-order valence-electron chi connectivity index (χ3n) is 21.5. The van der Waals surface area contributed by atoms with Gasteiger partial charge in [0.05, 0.1) is 25.5 Å². The third-order valence-corrected chi connectivity index (χ3v) is 21.5. The Hall–Kier alpha value is -14.8. The lowest BCUT2D eigenvalue weighted by atomic mass is 9.98. The van der Waals surface area contributed by atoms with Crippen molar-refractivity contribution in [3.05, 3.63) is 84.1 Å². The van der Waals surface area contributed by atoms with Crippen LogP contribution in [0.1, 0.15) is 170 Å². The van der Waals surface area contributed by atoms with Crippen molar-refractivity contribution in [3.63, 3.8) is 0 Å². The minimum Gasteiger partial charge on any atom is -0.508 e. The maximum absolute atomic E-state index is 15.3. The molecular weight excluding hydrogens is 1810 g/mol. The van der Waals surface area contributed by atoms with Crippen molar-refractivity contribution in [1.29, 1.82) is 16.2 Å². The number of phenolic OH excluding ortho intramolecular Hbond substituents is 1. The number of H-pyrrole nitrogens is 2. The van der Waals surface area contributed by atoms with Crippen molar-refractivity contribution in [2.45, 2.75) is 269 Å². The van der Waals surface area contributed by atoms with E-state index in [2.05, 4.69) is 111 Å². The first kappa shape index (κ1) is 116. The van der Waals surface area contributed by atoms with Gasteiger partial charge in [-0.1, -0.05) is 85.7 Å². The molecule has 0 aliphatic heterocycles. The van der Waals surface area contributed by atoms with E-state index in [-0.39, 0.29) is 114 Å². The molecule has 2 heterocycles. The number of aliphatic hydroxyl groups is 2. The number of rotatable bonds is 62. The monoisotopic (exact) mass is 1950 g/mol. The summed E-state index contributed by atoms with van der Waals surface area (Å²) in [6.07, 6.45) is -1.44. The zero-order valence-corrected chi connectivity index (χ0v) is 79.9. The molecule has 18 amide bonds. The summed E-state index contributed by atoms with van der Waals surface area (Å²) in [5, 5.41) is 100. The Labute approximate surface area is 803 Å². The minimum atomic E-state index is -1.96. The van der Waals surface area contributed by atoms with Crippen molar-refractivity contribution in [3.8, 4) is 5.75 Å². The molecule has 4 rings (SSSR count). The molecule has 2 aromatic carbocycles. The molecule has 0 saturated heterocycles. The van der Waals surface area contributed by atoms with Gasteiger partial charge in [0.1, 0.15) is 96.4 Å². The summed E-state index contributed by atoms with van der Waals surface area (Å²) < 4.78 is 0. The fraction of sp³-hybridized carbons (Fsp3) is 0.568. The van der Waals surface area contributed by atoms with E-state index in [9.17, 15) is 92.0 Å². The number of hydrogen-bond donors (Lipinski definition) is 32. The van der Waals surface area contributed by atoms with Crippen LogP contribution < -0.4 is 130 Å². The number of aromatic nitrogens is 3. The highest BCUT2D eigenvalue weighted by Crippen LogP contribution is 2.22. The van der Waals surface area contributed by atoms with Crippen LogP contribution in [0.15, 0.2) is 67.3 Å². The van der Waals surface area contributed by atoms with Gasteiger partial charge in [0.2, 0.25) is 106 Å². The number of benzene rings is 2. The molecule has 0 fully saturated rings. The number of nitrogens with two attached hydrogens (primary N) is 6. The van der Waals surface area contributed by atoms with E-state index in [0.717, 1.165) is 6.92 Å². The van der Waals surface area contributed by atoms with Crippen LogP contribution in [0.4, 0.5) is 0 Å². The molecule has 0 aliphatic rings. The number of carbonyl (C=O) groups is 18. The van der Waals surface area contributed by atoms with Crippen molar-refractivity contribution in [2.75, 3.05) is 26.2 Å². The van der Waals surface area contributed by atoms with Gasteiger partial charge >= 0.3 is 0 Å². The molecule has 2 aromatic heterocycles. The summed E-state index contributed by atoms with van der Waals surface area (Å²) in [4.78, 5) is 263. The van der Waals surface area contributed by atoms with E-state index in [1.807, 2.05) is 0 Å². The highest BCUT2D eigenvalue weighted by atomic mass is 16.3. The third kappa shape index (κ3) is 42.6. The van der Waals surface area contributed by atoms with E-state index >= 15 is 9.59 Å². The fourth-order valence-electron chi connectivity index (χ4n) is 14.4. The lowest BCUT2D eigenvalue weighted by molar-refractivity contribution is -0.138. The first-order valence-electron chi connectivity index (χ1n) is 45.6. The molecule has 51 nitrogen and oxygen atoms in total. The first-order valence-corrected chi connectivity index (χ1v) is 45.6. The number of aromatic hydroxyl groups is 1. The number of imidazole rings is 1. The average Bonchev–Trinajstić information content (AvgIpc) is 1.64. The van der Waals surface area contributed by atoms with E-state index in [1.165, 1.54) is 64.5 Å². The summed E-state index contributed by atoms with van der Waals surface area (Å²) in [5.41, 5.74) is 35.3. The topological polar surface area (TPSA) is 857 Å². The highest BCUT2D eigenvalue weighted by Gasteiger charge is 2.41. The molecule has 16 atom stereocenters. The zero-order chi connectivity index (χ0) is 104. The van der Waals surface area contributed by atoms with Crippen LogP contribution in [-0.2, 0) is 106 Å². The van der Waals surface area contributed by atoms with Crippen LogP contribution in [0.5, 0.6) is 5.75 Å². The molecule has 51 heteroatoms. The van der Waals surface area contributed by atoms with Gasteiger partial charge < -0.3 is 155 Å². The Morgan fingerprint density at radius 1 is 0.396 bits per heavy atom. The van der Waals surface area contributed by atoms with Crippen LogP contribution in [0, 0.1) is 39.9 Å². The molecule has 38 N–H and O–H groups in total. The standard InChI is InChI=1S/C88H140N30O21/c1-42(2)31-60(112-83(137)66(40-119)116-72(126)46(9)104-48(11)121)77(131)106-56(20-15-29-100-87(94)95)75(129)114-64(36-51-39-98-41-103-51)80(134)113-63(35-50-38-102-54-18-13-12-17-53(50)54)79(133)110-61(32-43(3)4)78(132)115-65(37-68(90)124)81(135)111-62(33-44(5)6)82(136)117-69(45(7)8)84(138)118-70(47(10)120)85(139)108-57(21-16-30-101-88(96)97)73(127)107-58(26-27-67(89)123)76(130)105-55(19-14-28-99-86(92)93)74(128)109-59(71(91)125)34-49-22-24-52(122)25-23-49/h12-13,17-18,22-25,38-39,41-47,55-66,69-70,102,119-120,122H,14-16,19-21,26-37,40H2,1-11H3,(H2,89,123)(H2,90,124)(H2,91,125)(H,98,103)(H,104,121)(H,105,130)(H,106,131)(H,107,127)(H,108,139)(H,109,128)(H,110,133)(H,111,135)(H,112,137)(H,113,134)(H,114,129)(H,115,132)(H,116,126)(H,117,136)(H,118,138)(H4,92,93,99)(H4,94,95,100)(H4,96,97,101)/t46-,47+,55-,56-,57-,58-,59-,60-,61-,62-,63-,64-,65-,66-,69-,70-/m0/s1. The molecule has 0 saturated carbocycles. The highest BCUT2D eigenvalue weighted by molar-refractivity contribution is 6.02. The van der Waals surface area contributed by atoms with E-state index in [4.69, 9.17) is 50.6 Å². The summed E-state index contributed by atoms with van der Waals surface area (Å²) in [5.74, 6) is -21.6. The van der Waals surface area contributed by atoms with Gasteiger partial charge in [-0.3, -0.25) is 103 Å². The van der Waals surface area contributed by atoms with Gasteiger partial charge in [0.25, 0.3) is 0 Å². The lowest BCUT2D eigenvalue weighted by Crippen LogP contribution is -2.63. The minimum absolute atomic E-state index is 0.00131. The Morgan fingerprint density at radius 3 is 1.18 bits per heavy atom. The quantitative estimate of drug-likeness (QED) is 0.0111. The number of nitrogens with one attached hydrogen (secondary N) is 23. The van der Waals surface area contributed by atoms with Gasteiger partial charge in [-0.05, 0) is 131 Å². The number of amides is 18. The number of aliphatic hydroxyl groups excluding tert-OH is 2. The summed E-state index contributed by atoms with van der Waals surface area (Å²) in [6, 6.07) is -11.4. The Morgan fingerprint density at radius 2 is 0.770 bits per heavy atom. The summed E-state index contributed by atoms with van der Waals surface area (Å²) in [6.45, 7) is 15.7. The molecule has 0 unspecified atom stereocenters. The fourth-order valence-corrected chi connectivity index (χ4v) is 14.4. The molecule has 768 valence electrons. The molecule has 0 spiro atoms. The molecule has 0 aliphatic carbocycles. The van der Waals surface area contributed by atoms with E-state index < -0.39 is 265 Å². The van der Waals surface area contributed by atoms with E-state index in [1.54, 1.807) is 72.0 Å². The Balaban J connectivity index is 1.67. The zero-order valence-electron chi connectivity index (χ0n) is 79.9. The normalized spacial score (nSPS) is 14.7. The molecule has 139 heavy (non-hydrogen) atoms. The van der Waals surface area contributed by atoms with Gasteiger partial charge in [0, 0.05) is 81.2 Å². The molecule has 0 bridgehead atoms. The predicted octanol–water partition coefficient (Wildman–Crippen LogP) is -7.48. The van der Waals surface area contributed by atoms with Gasteiger partial charge in [-0.2, -0.15) is 0 Å². The number of carbonyl (C=O) groups excluding carboxylic acids is 18. The van der Waals surface area contributed by atoms with Crippen LogP contribution >= 0.6 is 0 Å². The van der Waals surface area contributed by atoms with Crippen LogP contribution in [-0.4, -0.2) is 277 Å². The van der Waals surface area contributed by atoms with E-state index in [0.29, 0.717) is 22.0 Å². The molecular formula is C88H140N30O21. The van der Waals surface area contributed by atoms with Gasteiger partial charge in [-0.15, -0.1) is 0 Å². The van der Waals surface area contributed by atoms with Crippen molar-refractivity contribution < 1.29 is 102 Å². The van der Waals surface area contributed by atoms with Crippen molar-refractivity contribution in [1.82, 2.24) is 111 Å². The first-order chi connectivity index (χ1) is 65.4.